The maximum atomic E-state index is 4.52. The largest absolute Gasteiger partial charge is 0.373 e. The maximum Gasteiger partial charge on any atom is 0.135 e. The Labute approximate surface area is 110 Å². The van der Waals surface area contributed by atoms with Gasteiger partial charge >= 0.3 is 0 Å². The molecule has 18 heavy (non-hydrogen) atoms. The molecule has 1 heterocycles. The van der Waals surface area contributed by atoms with Crippen molar-refractivity contribution in [2.45, 2.75) is 26.7 Å². The summed E-state index contributed by atoms with van der Waals surface area (Å²) in [6, 6.07) is 1.94. The van der Waals surface area contributed by atoms with Gasteiger partial charge in [0.05, 0.1) is 0 Å². The normalized spacial score (nSPS) is 11.1. The fraction of sp³-hybridized carbons (Fsp3) is 0.692. The second-order valence-electron chi connectivity index (χ2n) is 4.72. The summed E-state index contributed by atoms with van der Waals surface area (Å²) < 4.78 is 0. The third kappa shape index (κ3) is 4.49. The summed E-state index contributed by atoms with van der Waals surface area (Å²) in [6.07, 6.45) is 0. The predicted octanol–water partition coefficient (Wildman–Crippen LogP) is 2.01. The van der Waals surface area contributed by atoms with Crippen molar-refractivity contribution in [2.24, 2.45) is 0 Å². The van der Waals surface area contributed by atoms with Gasteiger partial charge in [0.25, 0.3) is 0 Å². The molecule has 0 aromatic carbocycles. The van der Waals surface area contributed by atoms with Crippen LogP contribution in [0.1, 0.15) is 32.5 Å². The van der Waals surface area contributed by atoms with E-state index in [1.807, 2.05) is 13.1 Å². The Bertz CT molecular complexity index is 364. The Balaban J connectivity index is 2.66. The zero-order valence-electron chi connectivity index (χ0n) is 12.1. The number of anilines is 2. The van der Waals surface area contributed by atoms with Crippen LogP contribution in [0.2, 0.25) is 0 Å². The fourth-order valence-corrected chi connectivity index (χ4v) is 1.48. The second-order valence-corrected chi connectivity index (χ2v) is 4.72. The van der Waals surface area contributed by atoms with Crippen molar-refractivity contribution in [2.75, 3.05) is 44.4 Å². The van der Waals surface area contributed by atoms with E-state index in [2.05, 4.69) is 53.3 Å². The predicted molar refractivity (Wildman–Crippen MR) is 77.3 cm³/mol. The van der Waals surface area contributed by atoms with E-state index < -0.39 is 0 Å². The molecule has 1 aromatic heterocycles. The Morgan fingerprint density at radius 3 is 2.50 bits per heavy atom. The summed E-state index contributed by atoms with van der Waals surface area (Å²) >= 11 is 0. The van der Waals surface area contributed by atoms with E-state index in [9.17, 15) is 0 Å². The van der Waals surface area contributed by atoms with Crippen LogP contribution in [-0.2, 0) is 0 Å². The number of nitrogens with zero attached hydrogens (tertiary/aromatic N) is 3. The zero-order chi connectivity index (χ0) is 13.5. The minimum absolute atomic E-state index is 0.331. The SMILES string of the molecule is CCN(C)CCNc1cc(NC)nc(C(C)C)n1. The van der Waals surface area contributed by atoms with E-state index in [0.29, 0.717) is 5.92 Å². The van der Waals surface area contributed by atoms with E-state index in [1.54, 1.807) is 0 Å². The molecule has 0 aliphatic rings. The average Bonchev–Trinajstić information content (AvgIpc) is 2.37. The summed E-state index contributed by atoms with van der Waals surface area (Å²) in [6.45, 7) is 9.31. The molecular formula is C13H25N5. The molecule has 102 valence electrons. The van der Waals surface area contributed by atoms with E-state index in [0.717, 1.165) is 37.1 Å². The van der Waals surface area contributed by atoms with Gasteiger partial charge in [0.2, 0.25) is 0 Å². The van der Waals surface area contributed by atoms with Crippen molar-refractivity contribution in [3.8, 4) is 0 Å². The van der Waals surface area contributed by atoms with Crippen molar-refractivity contribution < 1.29 is 0 Å². The molecule has 0 fully saturated rings. The first-order valence-corrected chi connectivity index (χ1v) is 6.56. The molecule has 5 nitrogen and oxygen atoms in total. The third-order valence-electron chi connectivity index (χ3n) is 2.86. The first kappa shape index (κ1) is 14.7. The highest BCUT2D eigenvalue weighted by Gasteiger charge is 2.07. The van der Waals surface area contributed by atoms with Gasteiger partial charge in [-0.2, -0.15) is 0 Å². The zero-order valence-corrected chi connectivity index (χ0v) is 12.1. The van der Waals surface area contributed by atoms with Crippen LogP contribution in [0.3, 0.4) is 0 Å². The first-order valence-electron chi connectivity index (χ1n) is 6.56. The number of hydrogen-bond acceptors (Lipinski definition) is 5. The maximum absolute atomic E-state index is 4.52. The number of hydrogen-bond donors (Lipinski definition) is 2. The number of nitrogens with one attached hydrogen (secondary N) is 2. The Morgan fingerprint density at radius 1 is 1.28 bits per heavy atom. The molecule has 0 atom stereocenters. The molecule has 2 N–H and O–H groups in total. The van der Waals surface area contributed by atoms with E-state index in [4.69, 9.17) is 0 Å². The topological polar surface area (TPSA) is 53.1 Å². The molecule has 0 radical (unpaired) electrons. The van der Waals surface area contributed by atoms with Crippen LogP contribution in [-0.4, -0.2) is 48.6 Å². The standard InChI is InChI=1S/C13H25N5/c1-6-18(5)8-7-15-12-9-11(14-4)16-13(17-12)10(2)3/h9-10H,6-8H2,1-5H3,(H2,14,15,16,17). The number of rotatable bonds is 7. The van der Waals surface area contributed by atoms with E-state index in [1.165, 1.54) is 0 Å². The van der Waals surface area contributed by atoms with Gasteiger partial charge in [0.1, 0.15) is 17.5 Å². The van der Waals surface area contributed by atoms with Crippen molar-refractivity contribution in [3.05, 3.63) is 11.9 Å². The number of likely N-dealkylation sites (N-methyl/N-ethyl adjacent to an activating group) is 1. The lowest BCUT2D eigenvalue weighted by molar-refractivity contribution is 0.367. The molecule has 1 aromatic rings. The van der Waals surface area contributed by atoms with Crippen molar-refractivity contribution >= 4 is 11.6 Å². The van der Waals surface area contributed by atoms with Crippen molar-refractivity contribution in [1.29, 1.82) is 0 Å². The Morgan fingerprint density at radius 2 is 1.94 bits per heavy atom. The second kappa shape index (κ2) is 7.16. The van der Waals surface area contributed by atoms with Gasteiger partial charge in [-0.25, -0.2) is 9.97 Å². The molecule has 1 rings (SSSR count). The van der Waals surface area contributed by atoms with E-state index in [-0.39, 0.29) is 0 Å². The van der Waals surface area contributed by atoms with Gasteiger partial charge in [-0.05, 0) is 13.6 Å². The smallest absolute Gasteiger partial charge is 0.135 e. The summed E-state index contributed by atoms with van der Waals surface area (Å²) in [5.74, 6) is 2.95. The van der Waals surface area contributed by atoms with Crippen molar-refractivity contribution in [3.63, 3.8) is 0 Å². The molecular weight excluding hydrogens is 226 g/mol. The molecule has 0 saturated carbocycles. The van der Waals surface area contributed by atoms with Crippen LogP contribution in [0, 0.1) is 0 Å². The lowest BCUT2D eigenvalue weighted by Crippen LogP contribution is -2.25. The highest BCUT2D eigenvalue weighted by molar-refractivity contribution is 5.47. The third-order valence-corrected chi connectivity index (χ3v) is 2.86. The molecule has 0 unspecified atom stereocenters. The van der Waals surface area contributed by atoms with Crippen molar-refractivity contribution in [1.82, 2.24) is 14.9 Å². The molecule has 0 spiro atoms. The van der Waals surface area contributed by atoms with Crippen LogP contribution in [0.5, 0.6) is 0 Å². The molecule has 0 aliphatic carbocycles. The Hall–Kier alpha value is -1.36. The van der Waals surface area contributed by atoms with Gasteiger partial charge < -0.3 is 15.5 Å². The summed E-state index contributed by atoms with van der Waals surface area (Å²) in [5.41, 5.74) is 0. The van der Waals surface area contributed by atoms with Gasteiger partial charge in [0, 0.05) is 32.1 Å². The molecule has 0 saturated heterocycles. The monoisotopic (exact) mass is 251 g/mol. The van der Waals surface area contributed by atoms with Gasteiger partial charge in [0.15, 0.2) is 0 Å². The van der Waals surface area contributed by atoms with Crippen LogP contribution in [0.25, 0.3) is 0 Å². The van der Waals surface area contributed by atoms with Gasteiger partial charge in [-0.15, -0.1) is 0 Å². The summed E-state index contributed by atoms with van der Waals surface area (Å²) in [4.78, 5) is 11.2. The van der Waals surface area contributed by atoms with Crippen LogP contribution in [0.15, 0.2) is 6.07 Å². The van der Waals surface area contributed by atoms with Gasteiger partial charge in [-0.3, -0.25) is 0 Å². The minimum Gasteiger partial charge on any atom is -0.373 e. The lowest BCUT2D eigenvalue weighted by atomic mass is 10.2. The average molecular weight is 251 g/mol. The quantitative estimate of drug-likeness (QED) is 0.776. The minimum atomic E-state index is 0.331. The highest BCUT2D eigenvalue weighted by atomic mass is 15.1. The summed E-state index contributed by atoms with van der Waals surface area (Å²) in [5, 5.41) is 6.42. The molecule has 0 amide bonds. The Kier molecular flexibility index (Phi) is 5.85. The lowest BCUT2D eigenvalue weighted by Gasteiger charge is -2.15. The van der Waals surface area contributed by atoms with Crippen LogP contribution >= 0.6 is 0 Å². The van der Waals surface area contributed by atoms with E-state index >= 15 is 0 Å². The van der Waals surface area contributed by atoms with Crippen LogP contribution < -0.4 is 10.6 Å². The van der Waals surface area contributed by atoms with Crippen LogP contribution in [0.4, 0.5) is 11.6 Å². The van der Waals surface area contributed by atoms with Gasteiger partial charge in [-0.1, -0.05) is 20.8 Å². The first-order chi connectivity index (χ1) is 8.56. The molecule has 0 bridgehead atoms. The fourth-order valence-electron chi connectivity index (χ4n) is 1.48. The molecule has 0 aliphatic heterocycles. The number of aromatic nitrogens is 2. The summed E-state index contributed by atoms with van der Waals surface area (Å²) in [7, 11) is 3.99. The molecule has 5 heteroatoms. The highest BCUT2D eigenvalue weighted by Crippen LogP contribution is 2.16.